The third-order valence-electron chi connectivity index (χ3n) is 4.51. The summed E-state index contributed by atoms with van der Waals surface area (Å²) in [7, 11) is 0. The molecular weight excluding hydrogens is 246 g/mol. The van der Waals surface area contributed by atoms with E-state index in [4.69, 9.17) is 4.74 Å². The second-order valence-electron chi connectivity index (χ2n) is 5.81. The Morgan fingerprint density at radius 2 is 1.65 bits per heavy atom. The molecule has 0 N–H and O–H groups in total. The van der Waals surface area contributed by atoms with Gasteiger partial charge in [-0.2, -0.15) is 0 Å². The van der Waals surface area contributed by atoms with Gasteiger partial charge in [-0.25, -0.2) is 0 Å². The minimum Gasteiger partial charge on any atom is -0.379 e. The van der Waals surface area contributed by atoms with Gasteiger partial charge in [-0.15, -0.1) is 0 Å². The molecule has 20 heavy (non-hydrogen) atoms. The van der Waals surface area contributed by atoms with Crippen LogP contribution in [0.1, 0.15) is 37.7 Å². The van der Waals surface area contributed by atoms with Crippen molar-refractivity contribution in [3.63, 3.8) is 0 Å². The quantitative estimate of drug-likeness (QED) is 0.727. The highest BCUT2D eigenvalue weighted by molar-refractivity contribution is 5.37. The second kappa shape index (κ2) is 6.43. The van der Waals surface area contributed by atoms with Gasteiger partial charge in [0.15, 0.2) is 0 Å². The topological polar surface area (TPSA) is 12.5 Å². The molecule has 2 heteroatoms. The zero-order valence-electron chi connectivity index (χ0n) is 12.1. The first-order valence-corrected chi connectivity index (χ1v) is 7.80. The molecule has 106 valence electrons. The summed E-state index contributed by atoms with van der Waals surface area (Å²) in [4.78, 5) is 2.58. The largest absolute Gasteiger partial charge is 0.379 e. The second-order valence-corrected chi connectivity index (χ2v) is 5.81. The normalized spacial score (nSPS) is 22.8. The summed E-state index contributed by atoms with van der Waals surface area (Å²) in [6.07, 6.45) is 6.40. The molecule has 0 unspecified atom stereocenters. The maximum atomic E-state index is 5.51. The van der Waals surface area contributed by atoms with E-state index >= 15 is 0 Å². The highest BCUT2D eigenvalue weighted by Gasteiger charge is 2.37. The molecule has 2 nitrogen and oxygen atoms in total. The van der Waals surface area contributed by atoms with Gasteiger partial charge < -0.3 is 4.74 Å². The number of ether oxygens (including phenoxy) is 1. The van der Waals surface area contributed by atoms with Gasteiger partial charge in [-0.3, -0.25) is 4.90 Å². The lowest BCUT2D eigenvalue weighted by Crippen LogP contribution is -2.53. The Hall–Kier alpha value is -1.30. The molecule has 0 amide bonds. The standard InChI is InChI=1S/C18H23NO/c1-3-7-17(8-4-1)9-12-18(10-5-2-6-11-18)19-13-15-20-16-14-19/h1,3-4,7-8H,2,5-6,10-11,13-16H2. The fourth-order valence-electron chi connectivity index (χ4n) is 3.36. The maximum Gasteiger partial charge on any atom is 0.0831 e. The summed E-state index contributed by atoms with van der Waals surface area (Å²) in [6, 6.07) is 10.4. The third-order valence-corrected chi connectivity index (χ3v) is 4.51. The zero-order chi connectivity index (χ0) is 13.7. The molecule has 3 rings (SSSR count). The smallest absolute Gasteiger partial charge is 0.0831 e. The van der Waals surface area contributed by atoms with Gasteiger partial charge in [-0.05, 0) is 25.0 Å². The minimum absolute atomic E-state index is 0.0951. The molecule has 0 spiro atoms. The minimum atomic E-state index is 0.0951. The van der Waals surface area contributed by atoms with Crippen LogP contribution in [0.15, 0.2) is 30.3 Å². The lowest BCUT2D eigenvalue weighted by molar-refractivity contribution is -0.0141. The SMILES string of the molecule is C(#CC1(N2CCOCC2)CCCCC1)c1ccccc1. The Morgan fingerprint density at radius 3 is 2.35 bits per heavy atom. The monoisotopic (exact) mass is 269 g/mol. The van der Waals surface area contributed by atoms with E-state index < -0.39 is 0 Å². The Labute approximate surface area is 122 Å². The van der Waals surface area contributed by atoms with Crippen molar-refractivity contribution in [3.8, 4) is 11.8 Å². The van der Waals surface area contributed by atoms with Crippen LogP contribution in [0.5, 0.6) is 0 Å². The molecule has 0 bridgehead atoms. The summed E-state index contributed by atoms with van der Waals surface area (Å²) in [5, 5.41) is 0. The summed E-state index contributed by atoms with van der Waals surface area (Å²) in [5.41, 5.74) is 1.23. The molecule has 0 radical (unpaired) electrons. The van der Waals surface area contributed by atoms with Crippen LogP contribution < -0.4 is 0 Å². The molecule has 1 aromatic carbocycles. The first-order valence-electron chi connectivity index (χ1n) is 7.80. The predicted octanol–water partition coefficient (Wildman–Crippen LogP) is 3.07. The zero-order valence-corrected chi connectivity index (χ0v) is 12.1. The molecular formula is C18H23NO. The first kappa shape index (κ1) is 13.7. The van der Waals surface area contributed by atoms with E-state index in [1.807, 2.05) is 6.07 Å². The molecule has 1 aliphatic carbocycles. The van der Waals surface area contributed by atoms with E-state index in [1.165, 1.54) is 32.1 Å². The molecule has 2 aliphatic rings. The van der Waals surface area contributed by atoms with Gasteiger partial charge in [0.2, 0.25) is 0 Å². The van der Waals surface area contributed by atoms with Crippen LogP contribution >= 0.6 is 0 Å². The number of rotatable bonds is 1. The highest BCUT2D eigenvalue weighted by atomic mass is 16.5. The summed E-state index contributed by atoms with van der Waals surface area (Å²) in [5.74, 6) is 7.06. The van der Waals surface area contributed by atoms with Crippen molar-refractivity contribution in [2.45, 2.75) is 37.6 Å². The number of morpholine rings is 1. The van der Waals surface area contributed by atoms with Crippen LogP contribution in [-0.4, -0.2) is 36.7 Å². The molecule has 1 aromatic rings. The van der Waals surface area contributed by atoms with E-state index in [2.05, 4.69) is 41.0 Å². The van der Waals surface area contributed by atoms with Crippen LogP contribution in [-0.2, 0) is 4.74 Å². The van der Waals surface area contributed by atoms with E-state index in [-0.39, 0.29) is 5.54 Å². The van der Waals surface area contributed by atoms with Crippen LogP contribution in [0, 0.1) is 11.8 Å². The van der Waals surface area contributed by atoms with Crippen molar-refractivity contribution in [3.05, 3.63) is 35.9 Å². The van der Waals surface area contributed by atoms with Crippen molar-refractivity contribution in [1.29, 1.82) is 0 Å². The summed E-state index contributed by atoms with van der Waals surface area (Å²) < 4.78 is 5.51. The molecule has 1 heterocycles. The fraction of sp³-hybridized carbons (Fsp3) is 0.556. The van der Waals surface area contributed by atoms with Gasteiger partial charge in [-0.1, -0.05) is 49.3 Å². The van der Waals surface area contributed by atoms with Gasteiger partial charge >= 0.3 is 0 Å². The first-order chi connectivity index (χ1) is 9.89. The Kier molecular flexibility index (Phi) is 4.40. The van der Waals surface area contributed by atoms with Crippen LogP contribution in [0.3, 0.4) is 0 Å². The summed E-state index contributed by atoms with van der Waals surface area (Å²) in [6.45, 7) is 3.77. The van der Waals surface area contributed by atoms with E-state index in [1.54, 1.807) is 0 Å². The molecule has 0 aromatic heterocycles. The van der Waals surface area contributed by atoms with Crippen LogP contribution in [0.25, 0.3) is 0 Å². The van der Waals surface area contributed by atoms with Gasteiger partial charge in [0.05, 0.1) is 18.8 Å². The van der Waals surface area contributed by atoms with E-state index in [0.717, 1.165) is 31.9 Å². The summed E-state index contributed by atoms with van der Waals surface area (Å²) >= 11 is 0. The van der Waals surface area contributed by atoms with Gasteiger partial charge in [0, 0.05) is 18.7 Å². The van der Waals surface area contributed by atoms with Crippen molar-refractivity contribution < 1.29 is 4.74 Å². The Bertz CT molecular complexity index is 473. The number of nitrogens with zero attached hydrogens (tertiary/aromatic N) is 1. The van der Waals surface area contributed by atoms with Crippen molar-refractivity contribution in [2.24, 2.45) is 0 Å². The molecule has 0 atom stereocenters. The van der Waals surface area contributed by atoms with Crippen molar-refractivity contribution in [1.82, 2.24) is 4.90 Å². The van der Waals surface area contributed by atoms with Crippen molar-refractivity contribution >= 4 is 0 Å². The lowest BCUT2D eigenvalue weighted by atomic mass is 9.80. The molecule has 1 saturated carbocycles. The van der Waals surface area contributed by atoms with Gasteiger partial charge in [0.25, 0.3) is 0 Å². The lowest BCUT2D eigenvalue weighted by Gasteiger charge is -2.44. The molecule has 2 fully saturated rings. The fourth-order valence-corrected chi connectivity index (χ4v) is 3.36. The average Bonchev–Trinajstić information content (AvgIpc) is 2.56. The third kappa shape index (κ3) is 3.06. The number of benzene rings is 1. The van der Waals surface area contributed by atoms with E-state index in [0.29, 0.717) is 0 Å². The predicted molar refractivity (Wildman–Crippen MR) is 81.5 cm³/mol. The number of hydrogen-bond acceptors (Lipinski definition) is 2. The Morgan fingerprint density at radius 1 is 0.950 bits per heavy atom. The van der Waals surface area contributed by atoms with Gasteiger partial charge in [0.1, 0.15) is 0 Å². The average molecular weight is 269 g/mol. The van der Waals surface area contributed by atoms with Crippen LogP contribution in [0.2, 0.25) is 0 Å². The van der Waals surface area contributed by atoms with Crippen molar-refractivity contribution in [2.75, 3.05) is 26.3 Å². The van der Waals surface area contributed by atoms with Crippen LogP contribution in [0.4, 0.5) is 0 Å². The number of hydrogen-bond donors (Lipinski definition) is 0. The van der Waals surface area contributed by atoms with E-state index in [9.17, 15) is 0 Å². The highest BCUT2D eigenvalue weighted by Crippen LogP contribution is 2.33. The molecule has 1 saturated heterocycles. The molecule has 1 aliphatic heterocycles. The Balaban J connectivity index is 1.84. The maximum absolute atomic E-state index is 5.51.